The second-order valence-corrected chi connectivity index (χ2v) is 6.95. The molecule has 1 aromatic carbocycles. The molecule has 1 aromatic rings. The summed E-state index contributed by atoms with van der Waals surface area (Å²) >= 11 is 0. The molecule has 0 radical (unpaired) electrons. The topological polar surface area (TPSA) is 12.0 Å². The molecular weight excluding hydrogens is 275 g/mol. The molecule has 4 heteroatoms. The average Bonchev–Trinajstić information content (AvgIpc) is 2.40. The van der Waals surface area contributed by atoms with Crippen LogP contribution in [0.1, 0.15) is 50.2 Å². The predicted molar refractivity (Wildman–Crippen MR) is 79.2 cm³/mol. The van der Waals surface area contributed by atoms with E-state index < -0.39 is 11.7 Å². The molecular formula is C17H24F3N. The highest BCUT2D eigenvalue weighted by atomic mass is 19.4. The average molecular weight is 299 g/mol. The van der Waals surface area contributed by atoms with Crippen molar-refractivity contribution in [2.45, 2.75) is 45.2 Å². The molecule has 21 heavy (non-hydrogen) atoms. The van der Waals surface area contributed by atoms with Crippen LogP contribution in [0.3, 0.4) is 0 Å². The highest BCUT2D eigenvalue weighted by Gasteiger charge is 2.37. The fourth-order valence-corrected chi connectivity index (χ4v) is 3.48. The largest absolute Gasteiger partial charge is 0.416 e. The SMILES string of the molecule is CNCC1CCC(C)(C)CC1c1cccc(C(F)(F)F)c1. The van der Waals surface area contributed by atoms with Gasteiger partial charge in [-0.3, -0.25) is 0 Å². The van der Waals surface area contributed by atoms with E-state index in [0.717, 1.165) is 37.4 Å². The van der Waals surface area contributed by atoms with E-state index in [1.165, 1.54) is 12.1 Å². The van der Waals surface area contributed by atoms with Crippen LogP contribution in [0, 0.1) is 11.3 Å². The fraction of sp³-hybridized carbons (Fsp3) is 0.647. The fourth-order valence-electron chi connectivity index (χ4n) is 3.48. The maximum atomic E-state index is 12.9. The Morgan fingerprint density at radius 2 is 2.00 bits per heavy atom. The molecule has 0 aliphatic heterocycles. The Balaban J connectivity index is 2.31. The highest BCUT2D eigenvalue weighted by Crippen LogP contribution is 2.47. The molecule has 0 aromatic heterocycles. The third-order valence-electron chi connectivity index (χ3n) is 4.64. The molecule has 1 nitrogen and oxygen atoms in total. The smallest absolute Gasteiger partial charge is 0.319 e. The van der Waals surface area contributed by atoms with Gasteiger partial charge in [0.05, 0.1) is 5.56 Å². The first-order valence-electron chi connectivity index (χ1n) is 7.55. The Bertz CT molecular complexity index is 479. The van der Waals surface area contributed by atoms with Crippen molar-refractivity contribution in [1.82, 2.24) is 5.32 Å². The van der Waals surface area contributed by atoms with E-state index in [1.54, 1.807) is 0 Å². The summed E-state index contributed by atoms with van der Waals surface area (Å²) in [6.07, 6.45) is -1.12. The number of benzene rings is 1. The second kappa shape index (κ2) is 5.99. The second-order valence-electron chi connectivity index (χ2n) is 6.95. The van der Waals surface area contributed by atoms with E-state index in [0.29, 0.717) is 5.92 Å². The van der Waals surface area contributed by atoms with E-state index in [2.05, 4.69) is 19.2 Å². The summed E-state index contributed by atoms with van der Waals surface area (Å²) in [5.74, 6) is 0.606. The molecule has 118 valence electrons. The van der Waals surface area contributed by atoms with Gasteiger partial charge in [0.2, 0.25) is 0 Å². The Hall–Kier alpha value is -1.03. The molecule has 0 spiro atoms. The van der Waals surface area contributed by atoms with Crippen molar-refractivity contribution in [3.63, 3.8) is 0 Å². The number of alkyl halides is 3. The van der Waals surface area contributed by atoms with E-state index in [4.69, 9.17) is 0 Å². The minimum Gasteiger partial charge on any atom is -0.319 e. The van der Waals surface area contributed by atoms with Gasteiger partial charge in [0.15, 0.2) is 0 Å². The van der Waals surface area contributed by atoms with E-state index in [9.17, 15) is 13.2 Å². The Labute approximate surface area is 124 Å². The Kier molecular flexibility index (Phi) is 4.66. The molecule has 0 heterocycles. The van der Waals surface area contributed by atoms with Crippen molar-refractivity contribution >= 4 is 0 Å². The maximum absolute atomic E-state index is 12.9. The molecule has 1 saturated carbocycles. The molecule has 1 aliphatic carbocycles. The van der Waals surface area contributed by atoms with Crippen LogP contribution in [-0.2, 0) is 6.18 Å². The van der Waals surface area contributed by atoms with Gasteiger partial charge in [-0.05, 0) is 61.7 Å². The lowest BCUT2D eigenvalue weighted by atomic mass is 9.65. The van der Waals surface area contributed by atoms with Crippen LogP contribution >= 0.6 is 0 Å². The van der Waals surface area contributed by atoms with Gasteiger partial charge in [-0.15, -0.1) is 0 Å². The summed E-state index contributed by atoms with van der Waals surface area (Å²) in [4.78, 5) is 0. The predicted octanol–water partition coefficient (Wildman–Crippen LogP) is 4.83. The summed E-state index contributed by atoms with van der Waals surface area (Å²) in [7, 11) is 1.91. The summed E-state index contributed by atoms with van der Waals surface area (Å²) in [5, 5.41) is 3.19. The van der Waals surface area contributed by atoms with Crippen LogP contribution in [0.15, 0.2) is 24.3 Å². The lowest BCUT2D eigenvalue weighted by Gasteiger charge is -2.41. The van der Waals surface area contributed by atoms with Gasteiger partial charge >= 0.3 is 6.18 Å². The van der Waals surface area contributed by atoms with Crippen molar-refractivity contribution in [2.24, 2.45) is 11.3 Å². The molecule has 2 atom stereocenters. The van der Waals surface area contributed by atoms with Crippen molar-refractivity contribution in [2.75, 3.05) is 13.6 Å². The zero-order valence-corrected chi connectivity index (χ0v) is 12.9. The monoisotopic (exact) mass is 299 g/mol. The lowest BCUT2D eigenvalue weighted by Crippen LogP contribution is -2.33. The first-order valence-corrected chi connectivity index (χ1v) is 7.55. The van der Waals surface area contributed by atoms with Gasteiger partial charge in [0, 0.05) is 0 Å². The molecule has 1 fully saturated rings. The van der Waals surface area contributed by atoms with E-state index in [-0.39, 0.29) is 11.3 Å². The van der Waals surface area contributed by atoms with Crippen molar-refractivity contribution in [1.29, 1.82) is 0 Å². The molecule has 2 rings (SSSR count). The minimum absolute atomic E-state index is 0.198. The molecule has 1 aliphatic rings. The van der Waals surface area contributed by atoms with E-state index in [1.807, 2.05) is 13.1 Å². The number of halogens is 3. The number of nitrogens with one attached hydrogen (secondary N) is 1. The lowest BCUT2D eigenvalue weighted by molar-refractivity contribution is -0.137. The minimum atomic E-state index is -4.27. The van der Waals surface area contributed by atoms with Gasteiger partial charge in [-0.25, -0.2) is 0 Å². The third-order valence-corrected chi connectivity index (χ3v) is 4.64. The maximum Gasteiger partial charge on any atom is 0.416 e. The van der Waals surface area contributed by atoms with Gasteiger partial charge in [0.1, 0.15) is 0 Å². The Morgan fingerprint density at radius 3 is 2.62 bits per heavy atom. The van der Waals surface area contributed by atoms with Crippen LogP contribution in [0.2, 0.25) is 0 Å². The van der Waals surface area contributed by atoms with Gasteiger partial charge in [-0.2, -0.15) is 13.2 Å². The van der Waals surface area contributed by atoms with Crippen molar-refractivity contribution < 1.29 is 13.2 Å². The highest BCUT2D eigenvalue weighted by molar-refractivity contribution is 5.29. The Morgan fingerprint density at radius 1 is 1.29 bits per heavy atom. The van der Waals surface area contributed by atoms with Crippen LogP contribution in [-0.4, -0.2) is 13.6 Å². The van der Waals surface area contributed by atoms with Crippen molar-refractivity contribution in [3.05, 3.63) is 35.4 Å². The van der Waals surface area contributed by atoms with Crippen LogP contribution in [0.4, 0.5) is 13.2 Å². The summed E-state index contributed by atoms with van der Waals surface area (Å²) in [6.45, 7) is 5.28. The van der Waals surface area contributed by atoms with E-state index >= 15 is 0 Å². The summed E-state index contributed by atoms with van der Waals surface area (Å²) in [6, 6.07) is 5.89. The number of rotatable bonds is 3. The standard InChI is InChI=1S/C17H24F3N/c1-16(2)8-7-13(11-21-3)15(10-16)12-5-4-6-14(9-12)17(18,19)20/h4-6,9,13,15,21H,7-8,10-11H2,1-3H3. The zero-order chi connectivity index (χ0) is 15.7. The zero-order valence-electron chi connectivity index (χ0n) is 12.9. The van der Waals surface area contributed by atoms with Crippen LogP contribution in [0.5, 0.6) is 0 Å². The normalized spacial score (nSPS) is 25.8. The first kappa shape index (κ1) is 16.3. The van der Waals surface area contributed by atoms with Gasteiger partial charge < -0.3 is 5.32 Å². The summed E-state index contributed by atoms with van der Waals surface area (Å²) in [5.41, 5.74) is 0.493. The summed E-state index contributed by atoms with van der Waals surface area (Å²) < 4.78 is 38.8. The molecule has 2 unspecified atom stereocenters. The van der Waals surface area contributed by atoms with Crippen LogP contribution in [0.25, 0.3) is 0 Å². The first-order chi connectivity index (χ1) is 9.73. The van der Waals surface area contributed by atoms with Crippen molar-refractivity contribution in [3.8, 4) is 0 Å². The van der Waals surface area contributed by atoms with Crippen LogP contribution < -0.4 is 5.32 Å². The van der Waals surface area contributed by atoms with Gasteiger partial charge in [0.25, 0.3) is 0 Å². The molecule has 0 amide bonds. The molecule has 0 bridgehead atoms. The molecule has 0 saturated heterocycles. The molecule has 1 N–H and O–H groups in total. The third kappa shape index (κ3) is 4.00. The number of hydrogen-bond donors (Lipinski definition) is 1. The number of hydrogen-bond acceptors (Lipinski definition) is 1. The quantitative estimate of drug-likeness (QED) is 0.842. The van der Waals surface area contributed by atoms with Gasteiger partial charge in [-0.1, -0.05) is 32.0 Å².